The molecular formula is C27H38O8. The zero-order valence-corrected chi connectivity index (χ0v) is 20.8. The molecular weight excluding hydrogens is 452 g/mol. The third kappa shape index (κ3) is 2.81. The number of rotatable bonds is 3. The monoisotopic (exact) mass is 490 g/mol. The molecule has 4 N–H and O–H groups in total. The Morgan fingerprint density at radius 3 is 2.49 bits per heavy atom. The molecule has 6 aliphatic rings. The van der Waals surface area contributed by atoms with Gasteiger partial charge in [0.1, 0.15) is 23.9 Å². The second kappa shape index (κ2) is 7.38. The van der Waals surface area contributed by atoms with E-state index in [0.29, 0.717) is 12.8 Å². The largest absolute Gasteiger partial charge is 0.459 e. The highest BCUT2D eigenvalue weighted by Gasteiger charge is 2.80. The fraction of sp³-hybridized carbons (Fsp3) is 0.852. The Labute approximate surface area is 205 Å². The summed E-state index contributed by atoms with van der Waals surface area (Å²) in [6.45, 7) is 7.11. The lowest BCUT2D eigenvalue weighted by molar-refractivity contribution is -0.185. The van der Waals surface area contributed by atoms with Crippen LogP contribution in [0.2, 0.25) is 0 Å². The molecule has 8 heteroatoms. The minimum Gasteiger partial charge on any atom is -0.459 e. The van der Waals surface area contributed by atoms with Crippen LogP contribution in [0.4, 0.5) is 0 Å². The molecule has 0 amide bonds. The molecule has 6 rings (SSSR count). The van der Waals surface area contributed by atoms with E-state index in [1.165, 1.54) is 6.08 Å². The van der Waals surface area contributed by atoms with Gasteiger partial charge in [-0.2, -0.15) is 0 Å². The van der Waals surface area contributed by atoms with Gasteiger partial charge in [0.15, 0.2) is 5.78 Å². The van der Waals surface area contributed by atoms with E-state index in [1.807, 2.05) is 13.8 Å². The first-order valence-electron chi connectivity index (χ1n) is 13.2. The Morgan fingerprint density at radius 2 is 1.83 bits per heavy atom. The van der Waals surface area contributed by atoms with Crippen molar-refractivity contribution in [2.24, 2.45) is 46.8 Å². The molecule has 0 aromatic rings. The molecule has 0 aromatic carbocycles. The Hall–Kier alpha value is -1.32. The van der Waals surface area contributed by atoms with Crippen LogP contribution in [0.1, 0.15) is 53.4 Å². The van der Waals surface area contributed by atoms with Crippen LogP contribution in [0.25, 0.3) is 0 Å². The summed E-state index contributed by atoms with van der Waals surface area (Å²) in [5.74, 6) is -1.37. The minimum atomic E-state index is -1.65. The maximum atomic E-state index is 13.2. The molecule has 0 bridgehead atoms. The second-order valence-electron chi connectivity index (χ2n) is 12.7. The maximum Gasteiger partial charge on any atom is 0.309 e. The van der Waals surface area contributed by atoms with Crippen molar-refractivity contribution in [2.75, 3.05) is 0 Å². The lowest BCUT2D eigenvalue weighted by Gasteiger charge is -2.55. The molecule has 2 heterocycles. The summed E-state index contributed by atoms with van der Waals surface area (Å²) in [6.07, 6.45) is 1.75. The normalized spacial score (nSPS) is 56.9. The summed E-state index contributed by atoms with van der Waals surface area (Å²) in [7, 11) is 0. The highest BCUT2D eigenvalue weighted by molar-refractivity contribution is 5.98. The Kier molecular flexibility index (Phi) is 5.07. The van der Waals surface area contributed by atoms with Crippen LogP contribution < -0.4 is 0 Å². The van der Waals surface area contributed by atoms with Crippen molar-refractivity contribution >= 4 is 11.8 Å². The van der Waals surface area contributed by atoms with Crippen molar-refractivity contribution in [3.8, 4) is 0 Å². The van der Waals surface area contributed by atoms with Gasteiger partial charge < -0.3 is 29.9 Å². The predicted molar refractivity (Wildman–Crippen MR) is 123 cm³/mol. The van der Waals surface area contributed by atoms with E-state index in [4.69, 9.17) is 9.47 Å². The number of ether oxygens (including phenoxy) is 2. The highest BCUT2D eigenvalue weighted by Crippen LogP contribution is 2.71. The van der Waals surface area contributed by atoms with E-state index in [1.54, 1.807) is 19.9 Å². The van der Waals surface area contributed by atoms with Crippen LogP contribution >= 0.6 is 0 Å². The summed E-state index contributed by atoms with van der Waals surface area (Å²) in [5, 5.41) is 45.0. The molecule has 15 atom stereocenters. The van der Waals surface area contributed by atoms with E-state index in [-0.39, 0.29) is 53.4 Å². The van der Waals surface area contributed by atoms with Gasteiger partial charge in [0.25, 0.3) is 0 Å². The molecule has 2 saturated heterocycles. The fourth-order valence-electron chi connectivity index (χ4n) is 9.39. The molecule has 0 radical (unpaired) electrons. The summed E-state index contributed by atoms with van der Waals surface area (Å²) >= 11 is 0. The van der Waals surface area contributed by atoms with Gasteiger partial charge in [0.05, 0.1) is 29.1 Å². The Balaban J connectivity index is 1.28. The van der Waals surface area contributed by atoms with Crippen molar-refractivity contribution < 1.29 is 39.5 Å². The fourth-order valence-corrected chi connectivity index (χ4v) is 9.39. The molecule has 2 aliphatic heterocycles. The van der Waals surface area contributed by atoms with Gasteiger partial charge in [-0.3, -0.25) is 9.59 Å². The zero-order chi connectivity index (χ0) is 25.2. The van der Waals surface area contributed by atoms with Gasteiger partial charge in [-0.1, -0.05) is 13.8 Å². The van der Waals surface area contributed by atoms with Gasteiger partial charge >= 0.3 is 5.97 Å². The van der Waals surface area contributed by atoms with Crippen LogP contribution in [0, 0.1) is 46.8 Å². The first kappa shape index (κ1) is 24.0. The van der Waals surface area contributed by atoms with E-state index < -0.39 is 47.0 Å². The number of allylic oxidation sites excluding steroid dienone is 1. The van der Waals surface area contributed by atoms with Crippen LogP contribution in [0.15, 0.2) is 12.2 Å². The predicted octanol–water partition coefficient (Wildman–Crippen LogP) is 0.983. The lowest BCUT2D eigenvalue weighted by atomic mass is 9.46. The van der Waals surface area contributed by atoms with Gasteiger partial charge in [0, 0.05) is 11.8 Å². The highest BCUT2D eigenvalue weighted by atomic mass is 16.6. The Morgan fingerprint density at radius 1 is 1.11 bits per heavy atom. The zero-order valence-electron chi connectivity index (χ0n) is 20.8. The van der Waals surface area contributed by atoms with Crippen LogP contribution in [-0.2, 0) is 19.1 Å². The van der Waals surface area contributed by atoms with Crippen molar-refractivity contribution in [2.45, 2.75) is 95.1 Å². The number of esters is 1. The van der Waals surface area contributed by atoms with E-state index in [9.17, 15) is 30.0 Å². The van der Waals surface area contributed by atoms with E-state index >= 15 is 0 Å². The summed E-state index contributed by atoms with van der Waals surface area (Å²) in [4.78, 5) is 25.3. The molecule has 3 saturated carbocycles. The minimum absolute atomic E-state index is 0.00196. The molecule has 15 unspecified atom stereocenters. The summed E-state index contributed by atoms with van der Waals surface area (Å²) in [6, 6.07) is 0. The van der Waals surface area contributed by atoms with Gasteiger partial charge in [-0.05, 0) is 75.4 Å². The molecule has 5 fully saturated rings. The quantitative estimate of drug-likeness (QED) is 0.340. The van der Waals surface area contributed by atoms with Crippen molar-refractivity contribution in [1.82, 2.24) is 0 Å². The summed E-state index contributed by atoms with van der Waals surface area (Å²) in [5.41, 5.74) is -3.30. The first-order valence-corrected chi connectivity index (χ1v) is 13.2. The molecule has 0 aromatic heterocycles. The molecule has 35 heavy (non-hydrogen) atoms. The molecule has 8 nitrogen and oxygen atoms in total. The van der Waals surface area contributed by atoms with Crippen LogP contribution in [0.5, 0.6) is 0 Å². The molecule has 1 spiro atoms. The summed E-state index contributed by atoms with van der Waals surface area (Å²) < 4.78 is 11.6. The third-order valence-electron chi connectivity index (χ3n) is 11.5. The number of carbonyl (C=O) groups is 2. The number of hydrogen-bond donors (Lipinski definition) is 4. The van der Waals surface area contributed by atoms with Gasteiger partial charge in [-0.25, -0.2) is 0 Å². The number of fused-ring (bicyclic) bond motifs is 4. The standard InChI is InChI=1S/C27H38O8/c1-11-12(2)24(32)34-22(11)23(31)26(4,33)21-13-5-6-16-15(14(13)9-17(21)28)10-20-27(35-20)19(30)8-7-18(29)25(16,27)3/h7-8,11-17,19-23,28,30-31,33H,5-6,9-10H2,1-4H3. The van der Waals surface area contributed by atoms with Gasteiger partial charge in [-0.15, -0.1) is 0 Å². The number of aliphatic hydroxyl groups excluding tert-OH is 3. The number of aliphatic hydroxyl groups is 4. The number of cyclic esters (lactones) is 1. The van der Waals surface area contributed by atoms with Crippen LogP contribution in [0.3, 0.4) is 0 Å². The lowest BCUT2D eigenvalue weighted by Crippen LogP contribution is -2.63. The van der Waals surface area contributed by atoms with Crippen molar-refractivity contribution in [3.05, 3.63) is 12.2 Å². The third-order valence-corrected chi connectivity index (χ3v) is 11.5. The number of carbonyl (C=O) groups excluding carboxylic acids is 2. The molecule has 4 aliphatic carbocycles. The number of epoxide rings is 1. The SMILES string of the molecule is CC1C(=O)OC(C(O)C(C)(O)C2C(O)CC3C2CCC2C3CC3OC34C(O)C=CC(=O)C24C)C1C. The van der Waals surface area contributed by atoms with Crippen LogP contribution in [-0.4, -0.2) is 73.9 Å². The average Bonchev–Trinajstić information content (AvgIpc) is 3.37. The Bertz CT molecular complexity index is 976. The van der Waals surface area contributed by atoms with E-state index in [2.05, 4.69) is 0 Å². The topological polar surface area (TPSA) is 137 Å². The number of hydrogen-bond acceptors (Lipinski definition) is 8. The van der Waals surface area contributed by atoms with Crippen molar-refractivity contribution in [3.63, 3.8) is 0 Å². The van der Waals surface area contributed by atoms with Crippen molar-refractivity contribution in [1.29, 1.82) is 0 Å². The second-order valence-corrected chi connectivity index (χ2v) is 12.7. The average molecular weight is 491 g/mol. The van der Waals surface area contributed by atoms with Gasteiger partial charge in [0.2, 0.25) is 0 Å². The smallest absolute Gasteiger partial charge is 0.309 e. The first-order chi connectivity index (χ1) is 16.4. The maximum absolute atomic E-state index is 13.2. The number of ketones is 1. The molecule has 194 valence electrons. The van der Waals surface area contributed by atoms with E-state index in [0.717, 1.165) is 12.8 Å².